The molecule has 0 N–H and O–H groups in total. The molecule has 1 aliphatic rings. The first kappa shape index (κ1) is 16.6. The highest BCUT2D eigenvalue weighted by atomic mass is 16.2. The van der Waals surface area contributed by atoms with Crippen molar-refractivity contribution in [3.8, 4) is 11.4 Å². The van der Waals surface area contributed by atoms with Gasteiger partial charge >= 0.3 is 0 Å². The Morgan fingerprint density at radius 3 is 2.38 bits per heavy atom. The van der Waals surface area contributed by atoms with E-state index in [-0.39, 0.29) is 12.5 Å². The monoisotopic (exact) mass is 327 g/mol. The van der Waals surface area contributed by atoms with E-state index in [9.17, 15) is 4.79 Å². The van der Waals surface area contributed by atoms with Crippen molar-refractivity contribution in [1.29, 1.82) is 0 Å². The fourth-order valence-electron chi connectivity index (χ4n) is 2.98. The fraction of sp³-hybridized carbons (Fsp3) is 0.556. The highest BCUT2D eigenvalue weighted by Crippen LogP contribution is 2.19. The quantitative estimate of drug-likeness (QED) is 0.866. The van der Waals surface area contributed by atoms with E-state index in [1.807, 2.05) is 17.0 Å². The van der Waals surface area contributed by atoms with Gasteiger partial charge in [0.2, 0.25) is 11.7 Å². The van der Waals surface area contributed by atoms with Crippen molar-refractivity contribution in [1.82, 2.24) is 25.1 Å². The summed E-state index contributed by atoms with van der Waals surface area (Å²) in [5.74, 6) is 1.14. The van der Waals surface area contributed by atoms with Crippen molar-refractivity contribution >= 4 is 5.91 Å². The summed E-state index contributed by atoms with van der Waals surface area (Å²) in [6.45, 7) is 6.18. The molecule has 24 heavy (non-hydrogen) atoms. The van der Waals surface area contributed by atoms with Crippen molar-refractivity contribution in [3.05, 3.63) is 29.8 Å². The van der Waals surface area contributed by atoms with Gasteiger partial charge in [0.15, 0.2) is 0 Å². The number of benzene rings is 1. The number of hydrogen-bond acceptors (Lipinski definition) is 4. The molecule has 1 saturated heterocycles. The van der Waals surface area contributed by atoms with E-state index < -0.39 is 0 Å². The molecule has 1 amide bonds. The number of hydrogen-bond donors (Lipinski definition) is 0. The van der Waals surface area contributed by atoms with Crippen LogP contribution in [0.5, 0.6) is 0 Å². The Morgan fingerprint density at radius 1 is 1.08 bits per heavy atom. The maximum absolute atomic E-state index is 12.4. The molecule has 0 aliphatic carbocycles. The standard InChI is InChI=1S/C18H25N5O/c1-14(2)15-7-9-16(10-8-15)18-19-21-23(20-18)13-17(24)22-11-5-3-4-6-12-22/h7-10,14H,3-6,11-13H2,1-2H3. The van der Waals surface area contributed by atoms with Gasteiger partial charge in [0.25, 0.3) is 0 Å². The van der Waals surface area contributed by atoms with Gasteiger partial charge in [-0.15, -0.1) is 10.2 Å². The molecule has 0 radical (unpaired) electrons. The number of amides is 1. The lowest BCUT2D eigenvalue weighted by Crippen LogP contribution is -2.35. The van der Waals surface area contributed by atoms with Gasteiger partial charge in [0.05, 0.1) is 0 Å². The van der Waals surface area contributed by atoms with Crippen LogP contribution in [-0.4, -0.2) is 44.1 Å². The lowest BCUT2D eigenvalue weighted by atomic mass is 10.0. The second kappa shape index (κ2) is 7.55. The summed E-state index contributed by atoms with van der Waals surface area (Å²) in [4.78, 5) is 15.7. The first-order valence-electron chi connectivity index (χ1n) is 8.79. The second-order valence-electron chi connectivity index (χ2n) is 6.72. The lowest BCUT2D eigenvalue weighted by molar-refractivity contribution is -0.132. The van der Waals surface area contributed by atoms with Crippen molar-refractivity contribution < 1.29 is 4.79 Å². The van der Waals surface area contributed by atoms with Crippen LogP contribution in [0, 0.1) is 0 Å². The molecule has 0 spiro atoms. The molecule has 0 bridgehead atoms. The van der Waals surface area contributed by atoms with Crippen LogP contribution in [-0.2, 0) is 11.3 Å². The maximum Gasteiger partial charge on any atom is 0.246 e. The number of carbonyl (C=O) groups is 1. The van der Waals surface area contributed by atoms with Crippen LogP contribution in [0.1, 0.15) is 51.0 Å². The summed E-state index contributed by atoms with van der Waals surface area (Å²) in [5, 5.41) is 12.5. The summed E-state index contributed by atoms with van der Waals surface area (Å²) in [6.07, 6.45) is 4.59. The molecule has 0 atom stereocenters. The van der Waals surface area contributed by atoms with E-state index in [0.717, 1.165) is 31.5 Å². The zero-order chi connectivity index (χ0) is 16.9. The van der Waals surface area contributed by atoms with E-state index in [2.05, 4.69) is 41.4 Å². The van der Waals surface area contributed by atoms with Crippen LogP contribution in [0.3, 0.4) is 0 Å². The van der Waals surface area contributed by atoms with Gasteiger partial charge in [-0.05, 0) is 29.5 Å². The summed E-state index contributed by atoms with van der Waals surface area (Å²) in [6, 6.07) is 8.19. The molecule has 1 aromatic heterocycles. The van der Waals surface area contributed by atoms with Gasteiger partial charge in [-0.25, -0.2) is 0 Å². The fourth-order valence-corrected chi connectivity index (χ4v) is 2.98. The third kappa shape index (κ3) is 3.99. The van der Waals surface area contributed by atoms with Crippen molar-refractivity contribution in [2.45, 2.75) is 52.0 Å². The molecule has 6 nitrogen and oxygen atoms in total. The first-order chi connectivity index (χ1) is 11.6. The van der Waals surface area contributed by atoms with Crippen LogP contribution in [0.2, 0.25) is 0 Å². The summed E-state index contributed by atoms with van der Waals surface area (Å²) >= 11 is 0. The van der Waals surface area contributed by atoms with Crippen LogP contribution >= 0.6 is 0 Å². The van der Waals surface area contributed by atoms with E-state index in [0.29, 0.717) is 11.7 Å². The molecule has 1 aromatic carbocycles. The zero-order valence-corrected chi connectivity index (χ0v) is 14.5. The van der Waals surface area contributed by atoms with E-state index >= 15 is 0 Å². The number of rotatable bonds is 4. The van der Waals surface area contributed by atoms with Crippen LogP contribution in [0.25, 0.3) is 11.4 Å². The Bertz CT molecular complexity index is 669. The molecule has 1 fully saturated rings. The molecule has 2 aromatic rings. The molecular weight excluding hydrogens is 302 g/mol. The van der Waals surface area contributed by atoms with Crippen LogP contribution in [0.15, 0.2) is 24.3 Å². The van der Waals surface area contributed by atoms with Gasteiger partial charge in [0, 0.05) is 18.7 Å². The van der Waals surface area contributed by atoms with Crippen molar-refractivity contribution in [3.63, 3.8) is 0 Å². The first-order valence-corrected chi connectivity index (χ1v) is 8.79. The molecule has 2 heterocycles. The number of tetrazole rings is 1. The number of aromatic nitrogens is 4. The molecule has 0 saturated carbocycles. The predicted octanol–water partition coefficient (Wildman–Crippen LogP) is 2.87. The normalized spacial score (nSPS) is 15.5. The summed E-state index contributed by atoms with van der Waals surface area (Å²) in [5.41, 5.74) is 2.20. The van der Waals surface area contributed by atoms with Crippen LogP contribution in [0.4, 0.5) is 0 Å². The Hall–Kier alpha value is -2.24. The van der Waals surface area contributed by atoms with Crippen molar-refractivity contribution in [2.75, 3.05) is 13.1 Å². The van der Waals surface area contributed by atoms with Gasteiger partial charge < -0.3 is 4.90 Å². The molecule has 3 rings (SSSR count). The van der Waals surface area contributed by atoms with Gasteiger partial charge in [0.1, 0.15) is 6.54 Å². The number of likely N-dealkylation sites (tertiary alicyclic amines) is 1. The lowest BCUT2D eigenvalue weighted by Gasteiger charge is -2.19. The Labute approximate surface area is 142 Å². The second-order valence-corrected chi connectivity index (χ2v) is 6.72. The topological polar surface area (TPSA) is 63.9 Å². The highest BCUT2D eigenvalue weighted by molar-refractivity contribution is 5.75. The summed E-state index contributed by atoms with van der Waals surface area (Å²) in [7, 11) is 0. The average molecular weight is 327 g/mol. The summed E-state index contributed by atoms with van der Waals surface area (Å²) < 4.78 is 0. The van der Waals surface area contributed by atoms with Gasteiger partial charge in [-0.1, -0.05) is 51.0 Å². The number of nitrogens with zero attached hydrogens (tertiary/aromatic N) is 5. The molecule has 128 valence electrons. The molecule has 6 heteroatoms. The number of carbonyl (C=O) groups excluding carboxylic acids is 1. The third-order valence-corrected chi connectivity index (χ3v) is 4.52. The average Bonchev–Trinajstić information content (AvgIpc) is 2.87. The SMILES string of the molecule is CC(C)c1ccc(-c2nnn(CC(=O)N3CCCCCC3)n2)cc1. The minimum atomic E-state index is 0.0796. The van der Waals surface area contributed by atoms with Crippen LogP contribution < -0.4 is 0 Å². The Morgan fingerprint density at radius 2 is 1.75 bits per heavy atom. The highest BCUT2D eigenvalue weighted by Gasteiger charge is 2.17. The van der Waals surface area contributed by atoms with E-state index in [1.165, 1.54) is 23.2 Å². The van der Waals surface area contributed by atoms with E-state index in [1.54, 1.807) is 0 Å². The minimum Gasteiger partial charge on any atom is -0.341 e. The molecule has 0 unspecified atom stereocenters. The minimum absolute atomic E-state index is 0.0796. The van der Waals surface area contributed by atoms with Gasteiger partial charge in [-0.2, -0.15) is 4.80 Å². The third-order valence-electron chi connectivity index (χ3n) is 4.52. The van der Waals surface area contributed by atoms with E-state index in [4.69, 9.17) is 0 Å². The maximum atomic E-state index is 12.4. The largest absolute Gasteiger partial charge is 0.341 e. The molecular formula is C18H25N5O. The molecule has 1 aliphatic heterocycles. The van der Waals surface area contributed by atoms with Crippen molar-refractivity contribution in [2.24, 2.45) is 0 Å². The van der Waals surface area contributed by atoms with Gasteiger partial charge in [-0.3, -0.25) is 4.79 Å². The zero-order valence-electron chi connectivity index (χ0n) is 14.5. The Kier molecular flexibility index (Phi) is 5.23. The Balaban J connectivity index is 1.65. The smallest absolute Gasteiger partial charge is 0.246 e. The predicted molar refractivity (Wildman–Crippen MR) is 92.4 cm³/mol.